The monoisotopic (exact) mass is 200 g/mol. The molecule has 0 bridgehead atoms. The minimum Gasteiger partial charge on any atom is -0.362 e. The van der Waals surface area contributed by atoms with Crippen molar-refractivity contribution in [1.29, 1.82) is 0 Å². The normalized spacial score (nSPS) is 26.8. The summed E-state index contributed by atoms with van der Waals surface area (Å²) in [6.45, 7) is 7.61. The molecule has 1 rings (SSSR count). The van der Waals surface area contributed by atoms with Crippen LogP contribution in [0.3, 0.4) is 0 Å². The molecule has 0 radical (unpaired) electrons. The Bertz CT molecular complexity index is 174. The van der Waals surface area contributed by atoms with E-state index in [2.05, 4.69) is 31.4 Å². The van der Waals surface area contributed by atoms with Crippen LogP contribution < -0.4 is 10.6 Å². The van der Waals surface area contributed by atoms with E-state index in [1.165, 1.54) is 12.8 Å². The molecule has 0 unspecified atom stereocenters. The van der Waals surface area contributed by atoms with E-state index in [1.54, 1.807) is 0 Å². The van der Waals surface area contributed by atoms with Crippen LogP contribution in [-0.2, 0) is 0 Å². The van der Waals surface area contributed by atoms with Crippen molar-refractivity contribution < 1.29 is 0 Å². The smallest absolute Gasteiger partial charge is 0.166 e. The van der Waals surface area contributed by atoms with Crippen LogP contribution in [0.15, 0.2) is 0 Å². The molecule has 1 aliphatic rings. The van der Waals surface area contributed by atoms with Gasteiger partial charge in [0, 0.05) is 12.6 Å². The van der Waals surface area contributed by atoms with Crippen LogP contribution in [0.5, 0.6) is 0 Å². The molecule has 0 amide bonds. The SMILES string of the molecule is CC(C)CNC(=S)NC1CC(C)C1. The molecule has 13 heavy (non-hydrogen) atoms. The average molecular weight is 200 g/mol. The topological polar surface area (TPSA) is 24.1 Å². The Kier molecular flexibility index (Phi) is 3.97. The highest BCUT2D eigenvalue weighted by molar-refractivity contribution is 7.80. The third-order valence-corrected chi connectivity index (χ3v) is 2.64. The van der Waals surface area contributed by atoms with Crippen molar-refractivity contribution in [2.75, 3.05) is 6.54 Å². The van der Waals surface area contributed by atoms with Crippen LogP contribution in [-0.4, -0.2) is 17.7 Å². The first kappa shape index (κ1) is 10.8. The number of rotatable bonds is 3. The lowest BCUT2D eigenvalue weighted by molar-refractivity contribution is 0.267. The van der Waals surface area contributed by atoms with Crippen molar-refractivity contribution >= 4 is 17.3 Å². The molecule has 1 fully saturated rings. The Morgan fingerprint density at radius 2 is 2.08 bits per heavy atom. The van der Waals surface area contributed by atoms with Crippen LogP contribution >= 0.6 is 12.2 Å². The Balaban J connectivity index is 2.05. The fraction of sp³-hybridized carbons (Fsp3) is 0.900. The van der Waals surface area contributed by atoms with Crippen molar-refractivity contribution in [3.63, 3.8) is 0 Å². The molecule has 0 aromatic carbocycles. The summed E-state index contributed by atoms with van der Waals surface area (Å²) in [5.41, 5.74) is 0. The summed E-state index contributed by atoms with van der Waals surface area (Å²) in [5.74, 6) is 1.53. The van der Waals surface area contributed by atoms with Crippen LogP contribution in [0.4, 0.5) is 0 Å². The summed E-state index contributed by atoms with van der Waals surface area (Å²) in [5, 5.41) is 7.36. The zero-order valence-corrected chi connectivity index (χ0v) is 9.58. The fourth-order valence-electron chi connectivity index (χ4n) is 1.55. The maximum atomic E-state index is 5.17. The van der Waals surface area contributed by atoms with Gasteiger partial charge >= 0.3 is 0 Å². The summed E-state index contributed by atoms with van der Waals surface area (Å²) in [4.78, 5) is 0. The summed E-state index contributed by atoms with van der Waals surface area (Å²) in [6, 6.07) is 0.627. The Labute approximate surface area is 86.5 Å². The molecule has 0 aromatic heterocycles. The number of hydrogen-bond acceptors (Lipinski definition) is 1. The van der Waals surface area contributed by atoms with E-state index in [0.717, 1.165) is 17.6 Å². The molecule has 1 saturated carbocycles. The van der Waals surface area contributed by atoms with Gasteiger partial charge < -0.3 is 10.6 Å². The van der Waals surface area contributed by atoms with E-state index in [4.69, 9.17) is 12.2 Å². The lowest BCUT2D eigenvalue weighted by Crippen LogP contribution is -2.48. The molecule has 0 aromatic rings. The predicted octanol–water partition coefficient (Wildman–Crippen LogP) is 1.91. The number of thiocarbonyl (C=S) groups is 1. The van der Waals surface area contributed by atoms with Gasteiger partial charge in [-0.15, -0.1) is 0 Å². The third-order valence-electron chi connectivity index (χ3n) is 2.38. The van der Waals surface area contributed by atoms with Gasteiger partial charge in [0.15, 0.2) is 5.11 Å². The summed E-state index contributed by atoms with van der Waals surface area (Å²) in [7, 11) is 0. The Morgan fingerprint density at radius 3 is 2.54 bits per heavy atom. The number of nitrogens with one attached hydrogen (secondary N) is 2. The van der Waals surface area contributed by atoms with E-state index in [0.29, 0.717) is 12.0 Å². The van der Waals surface area contributed by atoms with Crippen molar-refractivity contribution in [3.05, 3.63) is 0 Å². The molecule has 0 atom stereocenters. The molecule has 76 valence electrons. The summed E-state index contributed by atoms with van der Waals surface area (Å²) in [6.07, 6.45) is 2.53. The quantitative estimate of drug-likeness (QED) is 0.681. The maximum absolute atomic E-state index is 5.17. The second-order valence-corrected chi connectivity index (χ2v) is 4.93. The molecule has 1 aliphatic carbocycles. The largest absolute Gasteiger partial charge is 0.362 e. The molecule has 0 spiro atoms. The minimum absolute atomic E-state index is 0.627. The molecule has 0 heterocycles. The summed E-state index contributed by atoms with van der Waals surface area (Å²) >= 11 is 5.17. The molecular weight excluding hydrogens is 180 g/mol. The molecule has 2 nitrogen and oxygen atoms in total. The first-order chi connectivity index (χ1) is 6.08. The second-order valence-electron chi connectivity index (χ2n) is 4.52. The first-order valence-electron chi connectivity index (χ1n) is 5.12. The van der Waals surface area contributed by atoms with Gasteiger partial charge in [-0.05, 0) is 36.9 Å². The lowest BCUT2D eigenvalue weighted by Gasteiger charge is -2.34. The number of hydrogen-bond donors (Lipinski definition) is 2. The second kappa shape index (κ2) is 4.80. The van der Waals surface area contributed by atoms with Gasteiger partial charge in [0.1, 0.15) is 0 Å². The van der Waals surface area contributed by atoms with Gasteiger partial charge in [-0.1, -0.05) is 20.8 Å². The third kappa shape index (κ3) is 3.94. The molecule has 3 heteroatoms. The van der Waals surface area contributed by atoms with E-state index in [1.807, 2.05) is 0 Å². The van der Waals surface area contributed by atoms with Crippen LogP contribution in [0.1, 0.15) is 33.6 Å². The average Bonchev–Trinajstić information content (AvgIpc) is 1.98. The van der Waals surface area contributed by atoms with Gasteiger partial charge in [0.25, 0.3) is 0 Å². The predicted molar refractivity (Wildman–Crippen MR) is 60.8 cm³/mol. The van der Waals surface area contributed by atoms with Gasteiger partial charge in [0.05, 0.1) is 0 Å². The van der Waals surface area contributed by atoms with Crippen molar-refractivity contribution in [3.8, 4) is 0 Å². The molecular formula is C10H20N2S. The Hall–Kier alpha value is -0.310. The summed E-state index contributed by atoms with van der Waals surface area (Å²) < 4.78 is 0. The van der Waals surface area contributed by atoms with E-state index < -0.39 is 0 Å². The van der Waals surface area contributed by atoms with Crippen molar-refractivity contribution in [1.82, 2.24) is 10.6 Å². The molecule has 0 aliphatic heterocycles. The molecule has 0 saturated heterocycles. The van der Waals surface area contributed by atoms with Gasteiger partial charge in [-0.3, -0.25) is 0 Å². The van der Waals surface area contributed by atoms with Crippen molar-refractivity contribution in [2.24, 2.45) is 11.8 Å². The van der Waals surface area contributed by atoms with Crippen LogP contribution in [0.2, 0.25) is 0 Å². The van der Waals surface area contributed by atoms with E-state index >= 15 is 0 Å². The zero-order valence-electron chi connectivity index (χ0n) is 8.76. The maximum Gasteiger partial charge on any atom is 0.166 e. The lowest BCUT2D eigenvalue weighted by atomic mass is 9.82. The van der Waals surface area contributed by atoms with E-state index in [-0.39, 0.29) is 0 Å². The van der Waals surface area contributed by atoms with Gasteiger partial charge in [-0.25, -0.2) is 0 Å². The highest BCUT2D eigenvalue weighted by Crippen LogP contribution is 2.25. The standard InChI is InChI=1S/C10H20N2S/c1-7(2)6-11-10(13)12-9-4-8(3)5-9/h7-9H,4-6H2,1-3H3,(H2,11,12,13). The zero-order chi connectivity index (χ0) is 9.84. The minimum atomic E-state index is 0.627. The highest BCUT2D eigenvalue weighted by atomic mass is 32.1. The Morgan fingerprint density at radius 1 is 1.46 bits per heavy atom. The van der Waals surface area contributed by atoms with Crippen molar-refractivity contribution in [2.45, 2.75) is 39.7 Å². The fourth-order valence-corrected chi connectivity index (χ4v) is 1.80. The van der Waals surface area contributed by atoms with E-state index in [9.17, 15) is 0 Å². The van der Waals surface area contributed by atoms with Crippen LogP contribution in [0.25, 0.3) is 0 Å². The molecule has 2 N–H and O–H groups in total. The van der Waals surface area contributed by atoms with Gasteiger partial charge in [0.2, 0.25) is 0 Å². The first-order valence-corrected chi connectivity index (χ1v) is 5.53. The van der Waals surface area contributed by atoms with Gasteiger partial charge in [-0.2, -0.15) is 0 Å². The highest BCUT2D eigenvalue weighted by Gasteiger charge is 2.25. The van der Waals surface area contributed by atoms with Crippen LogP contribution in [0, 0.1) is 11.8 Å².